The number of amides is 1. The fourth-order valence-electron chi connectivity index (χ4n) is 3.68. The summed E-state index contributed by atoms with van der Waals surface area (Å²) in [6.07, 6.45) is 0.716. The van der Waals surface area contributed by atoms with Crippen molar-refractivity contribution in [1.29, 1.82) is 0 Å². The van der Waals surface area contributed by atoms with Gasteiger partial charge in [0.25, 0.3) is 5.91 Å². The fourth-order valence-corrected chi connectivity index (χ4v) is 4.17. The quantitative estimate of drug-likeness (QED) is 0.371. The third-order valence-corrected chi connectivity index (χ3v) is 6.36. The molecular weight excluding hydrogens is 520 g/mol. The van der Waals surface area contributed by atoms with Crippen LogP contribution in [0.4, 0.5) is 5.69 Å². The summed E-state index contributed by atoms with van der Waals surface area (Å²) in [5, 5.41) is 3.27. The number of Topliss-reactive ketones (excluding diaryl/α,β-unsaturated/α-hetero) is 1. The molecule has 1 aliphatic heterocycles. The number of hydrogen-bond acceptors (Lipinski definition) is 5. The Morgan fingerprint density at radius 3 is 2.50 bits per heavy atom. The first kappa shape index (κ1) is 24.4. The van der Waals surface area contributed by atoms with E-state index < -0.39 is 0 Å². The molecule has 1 unspecified atom stereocenters. The molecule has 1 fully saturated rings. The van der Waals surface area contributed by atoms with Crippen LogP contribution in [0.25, 0.3) is 0 Å². The molecule has 0 aliphatic carbocycles. The van der Waals surface area contributed by atoms with E-state index in [1.165, 1.54) is 0 Å². The van der Waals surface area contributed by atoms with Gasteiger partial charge in [-0.25, -0.2) is 0 Å². The summed E-state index contributed by atoms with van der Waals surface area (Å²) in [4.78, 5) is 26.2. The third kappa shape index (κ3) is 6.04. The topological polar surface area (TPSA) is 90.7 Å². The fraction of sp³-hybridized carbons (Fsp3) is 0.231. The van der Waals surface area contributed by atoms with Crippen molar-refractivity contribution in [2.45, 2.75) is 25.5 Å². The van der Waals surface area contributed by atoms with E-state index in [0.29, 0.717) is 52.9 Å². The highest BCUT2D eigenvalue weighted by Gasteiger charge is 2.22. The van der Waals surface area contributed by atoms with Gasteiger partial charge in [0, 0.05) is 35.1 Å². The zero-order chi connectivity index (χ0) is 24.1. The van der Waals surface area contributed by atoms with Crippen molar-refractivity contribution in [3.63, 3.8) is 0 Å². The molecule has 176 valence electrons. The first-order valence-corrected chi connectivity index (χ1v) is 12.1. The normalized spacial score (nSPS) is 15.2. The van der Waals surface area contributed by atoms with Crippen LogP contribution < -0.4 is 15.8 Å². The minimum absolute atomic E-state index is 0.0825. The average Bonchev–Trinajstić information content (AvgIpc) is 3.35. The molecule has 6 nitrogen and oxygen atoms in total. The van der Waals surface area contributed by atoms with Gasteiger partial charge in [0.15, 0.2) is 5.78 Å². The van der Waals surface area contributed by atoms with E-state index in [1.54, 1.807) is 48.5 Å². The Morgan fingerprint density at radius 2 is 1.79 bits per heavy atom. The van der Waals surface area contributed by atoms with Crippen LogP contribution in [0.2, 0.25) is 5.02 Å². The molecule has 1 aliphatic rings. The molecule has 3 N–H and O–H groups in total. The molecule has 1 heterocycles. The Hall–Kier alpha value is -2.71. The lowest BCUT2D eigenvalue weighted by atomic mass is 9.99. The second-order valence-electron chi connectivity index (χ2n) is 8.01. The zero-order valence-corrected chi connectivity index (χ0v) is 20.7. The summed E-state index contributed by atoms with van der Waals surface area (Å²) in [6, 6.07) is 17.7. The van der Waals surface area contributed by atoms with Gasteiger partial charge >= 0.3 is 0 Å². The minimum Gasteiger partial charge on any atom is -0.487 e. The Kier molecular flexibility index (Phi) is 8.00. The number of benzene rings is 3. The molecule has 4 rings (SSSR count). The number of nitrogens with two attached hydrogens (primary N) is 1. The van der Waals surface area contributed by atoms with E-state index in [1.807, 2.05) is 12.1 Å². The SMILES string of the molecule is NCc1ccc(Cl)c(C(=O)Cc2ccc(OC3CCOC3)c(C(=O)Nc3ccc(Br)cc3)c2)c1. The molecule has 1 amide bonds. The van der Waals surface area contributed by atoms with Crippen LogP contribution in [0.3, 0.4) is 0 Å². The lowest BCUT2D eigenvalue weighted by molar-refractivity contribution is 0.0986. The van der Waals surface area contributed by atoms with Crippen molar-refractivity contribution in [3.8, 4) is 5.75 Å². The number of carbonyl (C=O) groups excluding carboxylic acids is 2. The van der Waals surface area contributed by atoms with Crippen LogP contribution >= 0.6 is 27.5 Å². The van der Waals surface area contributed by atoms with E-state index in [0.717, 1.165) is 16.5 Å². The maximum absolute atomic E-state index is 13.2. The van der Waals surface area contributed by atoms with Gasteiger partial charge in [-0.05, 0) is 59.7 Å². The Morgan fingerprint density at radius 1 is 1.06 bits per heavy atom. The third-order valence-electron chi connectivity index (χ3n) is 5.50. The van der Waals surface area contributed by atoms with Crippen LogP contribution in [-0.2, 0) is 17.7 Å². The lowest BCUT2D eigenvalue weighted by Gasteiger charge is -2.17. The lowest BCUT2D eigenvalue weighted by Crippen LogP contribution is -2.20. The van der Waals surface area contributed by atoms with Crippen LogP contribution in [0, 0.1) is 0 Å². The second-order valence-corrected chi connectivity index (χ2v) is 9.34. The van der Waals surface area contributed by atoms with Crippen LogP contribution in [0.5, 0.6) is 5.75 Å². The van der Waals surface area contributed by atoms with E-state index in [4.69, 9.17) is 26.8 Å². The standard InChI is InChI=1S/C26H24BrClN2O4/c27-18-3-5-19(6-4-18)30-26(32)22-11-16(2-8-25(22)34-20-9-10-33-15-20)13-24(31)21-12-17(14-29)1-7-23(21)28/h1-8,11-12,20H,9-10,13-15,29H2,(H,30,32). The number of carbonyl (C=O) groups is 2. The molecule has 8 heteroatoms. The van der Waals surface area contributed by atoms with E-state index in [2.05, 4.69) is 21.2 Å². The molecule has 3 aromatic rings. The van der Waals surface area contributed by atoms with E-state index in [9.17, 15) is 9.59 Å². The van der Waals surface area contributed by atoms with Gasteiger partial charge in [0.05, 0.1) is 23.8 Å². The van der Waals surface area contributed by atoms with Gasteiger partial charge in [0.1, 0.15) is 11.9 Å². The van der Waals surface area contributed by atoms with Crippen molar-refractivity contribution >= 4 is 44.9 Å². The summed E-state index contributed by atoms with van der Waals surface area (Å²) >= 11 is 9.65. The van der Waals surface area contributed by atoms with E-state index in [-0.39, 0.29) is 24.2 Å². The van der Waals surface area contributed by atoms with Crippen molar-refractivity contribution in [2.24, 2.45) is 5.73 Å². The Bertz CT molecular complexity index is 1190. The largest absolute Gasteiger partial charge is 0.487 e. The van der Waals surface area contributed by atoms with E-state index >= 15 is 0 Å². The van der Waals surface area contributed by atoms with Gasteiger partial charge in [-0.3, -0.25) is 9.59 Å². The molecular formula is C26H24BrClN2O4. The Balaban J connectivity index is 1.60. The van der Waals surface area contributed by atoms with Crippen molar-refractivity contribution in [3.05, 3.63) is 92.4 Å². The minimum atomic E-state index is -0.325. The van der Waals surface area contributed by atoms with Crippen LogP contribution in [-0.4, -0.2) is 31.0 Å². The smallest absolute Gasteiger partial charge is 0.259 e. The predicted molar refractivity (Wildman–Crippen MR) is 136 cm³/mol. The molecule has 0 bridgehead atoms. The molecule has 0 radical (unpaired) electrons. The summed E-state index contributed by atoms with van der Waals surface area (Å²) in [5.41, 5.74) is 8.61. The van der Waals surface area contributed by atoms with Gasteiger partial charge < -0.3 is 20.5 Å². The molecule has 0 spiro atoms. The van der Waals surface area contributed by atoms with Crippen molar-refractivity contribution in [2.75, 3.05) is 18.5 Å². The highest BCUT2D eigenvalue weighted by Crippen LogP contribution is 2.27. The number of halogens is 2. The summed E-state index contributed by atoms with van der Waals surface area (Å²) in [5.74, 6) is -0.0319. The molecule has 0 aromatic heterocycles. The van der Waals surface area contributed by atoms with Gasteiger partial charge in [-0.1, -0.05) is 39.7 Å². The Labute approximate surface area is 211 Å². The number of nitrogens with one attached hydrogen (secondary N) is 1. The maximum Gasteiger partial charge on any atom is 0.259 e. The number of ketones is 1. The van der Waals surface area contributed by atoms with Crippen LogP contribution in [0.15, 0.2) is 65.1 Å². The van der Waals surface area contributed by atoms with Gasteiger partial charge in [0.2, 0.25) is 0 Å². The van der Waals surface area contributed by atoms with Gasteiger partial charge in [-0.2, -0.15) is 0 Å². The number of ether oxygens (including phenoxy) is 2. The maximum atomic E-state index is 13.2. The van der Waals surface area contributed by atoms with Crippen molar-refractivity contribution < 1.29 is 19.1 Å². The predicted octanol–water partition coefficient (Wildman–Crippen LogP) is 5.41. The van der Waals surface area contributed by atoms with Crippen molar-refractivity contribution in [1.82, 2.24) is 0 Å². The number of anilines is 1. The van der Waals surface area contributed by atoms with Gasteiger partial charge in [-0.15, -0.1) is 0 Å². The monoisotopic (exact) mass is 542 g/mol. The molecule has 34 heavy (non-hydrogen) atoms. The highest BCUT2D eigenvalue weighted by molar-refractivity contribution is 9.10. The second kappa shape index (κ2) is 11.1. The summed E-state index contributed by atoms with van der Waals surface area (Å²) in [6.45, 7) is 1.42. The molecule has 1 atom stereocenters. The first-order valence-electron chi connectivity index (χ1n) is 10.9. The number of hydrogen-bond donors (Lipinski definition) is 2. The summed E-state index contributed by atoms with van der Waals surface area (Å²) < 4.78 is 12.4. The number of rotatable bonds is 8. The summed E-state index contributed by atoms with van der Waals surface area (Å²) in [7, 11) is 0. The first-order chi connectivity index (χ1) is 16.4. The highest BCUT2D eigenvalue weighted by atomic mass is 79.9. The molecule has 3 aromatic carbocycles. The zero-order valence-electron chi connectivity index (χ0n) is 18.4. The van der Waals surface area contributed by atoms with Crippen LogP contribution in [0.1, 0.15) is 38.3 Å². The molecule has 1 saturated heterocycles. The average molecular weight is 544 g/mol. The molecule has 0 saturated carbocycles.